The summed E-state index contributed by atoms with van der Waals surface area (Å²) >= 11 is 1.44. The van der Waals surface area contributed by atoms with Crippen LogP contribution < -0.4 is 5.32 Å². The number of aliphatic carboxylic acids is 1. The van der Waals surface area contributed by atoms with Gasteiger partial charge in [0.15, 0.2) is 0 Å². The second-order valence-corrected chi connectivity index (χ2v) is 5.65. The number of carboxylic acid groups (broad SMARTS) is 1. The minimum atomic E-state index is -0.980. The standard InChI is InChI=1S/C14H19NO4S/c1-4-14(2,19-3)13(18)15-9-11-6-5-10(20-11)7-8-12(16)17/h5-8H,4,9H2,1-3H3,(H,15,18)(H,16,17)/b8-7+. The van der Waals surface area contributed by atoms with E-state index in [-0.39, 0.29) is 5.91 Å². The maximum atomic E-state index is 12.0. The fourth-order valence-corrected chi connectivity index (χ4v) is 2.34. The fourth-order valence-electron chi connectivity index (χ4n) is 1.48. The summed E-state index contributed by atoms with van der Waals surface area (Å²) in [6.45, 7) is 4.05. The lowest BCUT2D eigenvalue weighted by Crippen LogP contribution is -2.45. The molecule has 1 amide bonds. The number of methoxy groups -OCH3 is 1. The Hall–Kier alpha value is -1.66. The van der Waals surface area contributed by atoms with Crippen molar-refractivity contribution in [3.05, 3.63) is 28.0 Å². The molecule has 1 unspecified atom stereocenters. The Morgan fingerprint density at radius 2 is 2.20 bits per heavy atom. The summed E-state index contributed by atoms with van der Waals surface area (Å²) in [4.78, 5) is 24.2. The third kappa shape index (κ3) is 4.47. The van der Waals surface area contributed by atoms with Crippen LogP contribution in [0.15, 0.2) is 18.2 Å². The summed E-state index contributed by atoms with van der Waals surface area (Å²) in [6, 6.07) is 3.68. The average Bonchev–Trinajstić information content (AvgIpc) is 2.89. The molecular weight excluding hydrogens is 278 g/mol. The lowest BCUT2D eigenvalue weighted by Gasteiger charge is -2.24. The predicted octanol–water partition coefficient (Wildman–Crippen LogP) is 2.28. The van der Waals surface area contributed by atoms with Crippen molar-refractivity contribution in [1.82, 2.24) is 5.32 Å². The first kappa shape index (κ1) is 16.4. The largest absolute Gasteiger partial charge is 0.478 e. The van der Waals surface area contributed by atoms with E-state index in [0.717, 1.165) is 15.8 Å². The van der Waals surface area contributed by atoms with E-state index in [1.807, 2.05) is 19.1 Å². The van der Waals surface area contributed by atoms with E-state index in [1.165, 1.54) is 24.5 Å². The lowest BCUT2D eigenvalue weighted by atomic mass is 10.0. The number of carbonyl (C=O) groups excluding carboxylic acids is 1. The van der Waals surface area contributed by atoms with E-state index in [1.54, 1.807) is 6.92 Å². The van der Waals surface area contributed by atoms with Crippen molar-refractivity contribution in [3.8, 4) is 0 Å². The van der Waals surface area contributed by atoms with Crippen LogP contribution in [-0.2, 0) is 20.9 Å². The number of hydrogen-bond donors (Lipinski definition) is 2. The van der Waals surface area contributed by atoms with Gasteiger partial charge in [-0.15, -0.1) is 11.3 Å². The number of rotatable bonds is 7. The molecule has 20 heavy (non-hydrogen) atoms. The molecule has 1 atom stereocenters. The molecule has 0 aliphatic carbocycles. The van der Waals surface area contributed by atoms with Crippen molar-refractivity contribution in [2.75, 3.05) is 7.11 Å². The van der Waals surface area contributed by atoms with Crippen LogP contribution >= 0.6 is 11.3 Å². The van der Waals surface area contributed by atoms with Crippen molar-refractivity contribution in [2.45, 2.75) is 32.4 Å². The van der Waals surface area contributed by atoms with E-state index in [4.69, 9.17) is 9.84 Å². The van der Waals surface area contributed by atoms with Gasteiger partial charge in [0.25, 0.3) is 5.91 Å². The molecular formula is C14H19NO4S. The monoisotopic (exact) mass is 297 g/mol. The van der Waals surface area contributed by atoms with Gasteiger partial charge >= 0.3 is 5.97 Å². The van der Waals surface area contributed by atoms with E-state index in [2.05, 4.69) is 5.32 Å². The molecule has 0 aliphatic heterocycles. The van der Waals surface area contributed by atoms with Crippen molar-refractivity contribution in [3.63, 3.8) is 0 Å². The molecule has 5 nitrogen and oxygen atoms in total. The van der Waals surface area contributed by atoms with Gasteiger partial charge in [-0.2, -0.15) is 0 Å². The SMILES string of the molecule is CCC(C)(OC)C(=O)NCc1ccc(/C=C/C(=O)O)s1. The molecule has 1 heterocycles. The number of thiophene rings is 1. The molecule has 0 bridgehead atoms. The van der Waals surface area contributed by atoms with Crippen LogP contribution in [0, 0.1) is 0 Å². The Labute approximate surface area is 122 Å². The molecule has 1 aromatic heterocycles. The van der Waals surface area contributed by atoms with Crippen LogP contribution in [-0.4, -0.2) is 29.7 Å². The molecule has 0 aromatic carbocycles. The molecule has 0 aliphatic rings. The molecule has 6 heteroatoms. The minimum Gasteiger partial charge on any atom is -0.478 e. The summed E-state index contributed by atoms with van der Waals surface area (Å²) in [7, 11) is 1.52. The van der Waals surface area contributed by atoms with Gasteiger partial charge in [-0.05, 0) is 31.6 Å². The Kier molecular flexibility index (Phi) is 5.91. The summed E-state index contributed by atoms with van der Waals surface area (Å²) in [6.07, 6.45) is 3.21. The van der Waals surface area contributed by atoms with Crippen LogP contribution in [0.25, 0.3) is 6.08 Å². The number of carbonyl (C=O) groups is 2. The van der Waals surface area contributed by atoms with Gasteiger partial charge < -0.3 is 15.2 Å². The molecule has 0 radical (unpaired) electrons. The van der Waals surface area contributed by atoms with Gasteiger partial charge in [0, 0.05) is 22.9 Å². The van der Waals surface area contributed by atoms with Crippen LogP contribution in [0.5, 0.6) is 0 Å². The van der Waals surface area contributed by atoms with E-state index in [9.17, 15) is 9.59 Å². The summed E-state index contributed by atoms with van der Waals surface area (Å²) in [5, 5.41) is 11.4. The van der Waals surface area contributed by atoms with Crippen LogP contribution in [0.2, 0.25) is 0 Å². The highest BCUT2D eigenvalue weighted by Crippen LogP contribution is 2.19. The first-order valence-corrected chi connectivity index (χ1v) is 7.06. The van der Waals surface area contributed by atoms with Gasteiger partial charge in [-0.3, -0.25) is 4.79 Å². The third-order valence-electron chi connectivity index (χ3n) is 3.10. The first-order valence-electron chi connectivity index (χ1n) is 6.24. The Balaban J connectivity index is 2.58. The van der Waals surface area contributed by atoms with Crippen LogP contribution in [0.4, 0.5) is 0 Å². The zero-order valence-corrected chi connectivity index (χ0v) is 12.6. The molecule has 1 rings (SSSR count). The summed E-state index contributed by atoms with van der Waals surface area (Å²) in [5.74, 6) is -1.13. The highest BCUT2D eigenvalue weighted by molar-refractivity contribution is 7.12. The predicted molar refractivity (Wildman–Crippen MR) is 78.5 cm³/mol. The second kappa shape index (κ2) is 7.21. The van der Waals surface area contributed by atoms with Crippen molar-refractivity contribution >= 4 is 29.3 Å². The van der Waals surface area contributed by atoms with Gasteiger partial charge in [0.2, 0.25) is 0 Å². The van der Waals surface area contributed by atoms with Crippen molar-refractivity contribution in [2.24, 2.45) is 0 Å². The van der Waals surface area contributed by atoms with E-state index < -0.39 is 11.6 Å². The average molecular weight is 297 g/mol. The number of carboxylic acids is 1. The summed E-state index contributed by atoms with van der Waals surface area (Å²) < 4.78 is 5.22. The van der Waals surface area contributed by atoms with Gasteiger partial charge in [-0.1, -0.05) is 6.92 Å². The van der Waals surface area contributed by atoms with Gasteiger partial charge in [0.1, 0.15) is 5.60 Å². The maximum Gasteiger partial charge on any atom is 0.328 e. The molecule has 0 saturated heterocycles. The molecule has 110 valence electrons. The van der Waals surface area contributed by atoms with Crippen molar-refractivity contribution in [1.29, 1.82) is 0 Å². The normalized spacial score (nSPS) is 14.2. The van der Waals surface area contributed by atoms with Gasteiger partial charge in [-0.25, -0.2) is 4.79 Å². The molecule has 0 fully saturated rings. The topological polar surface area (TPSA) is 75.6 Å². The number of amides is 1. The minimum absolute atomic E-state index is 0.154. The number of hydrogen-bond acceptors (Lipinski definition) is 4. The molecule has 0 spiro atoms. The first-order chi connectivity index (χ1) is 9.41. The maximum absolute atomic E-state index is 12.0. The zero-order chi connectivity index (χ0) is 15.2. The number of ether oxygens (including phenoxy) is 1. The highest BCUT2D eigenvalue weighted by atomic mass is 32.1. The van der Waals surface area contributed by atoms with Crippen LogP contribution in [0.1, 0.15) is 30.0 Å². The fraction of sp³-hybridized carbons (Fsp3) is 0.429. The molecule has 1 aromatic rings. The van der Waals surface area contributed by atoms with Crippen molar-refractivity contribution < 1.29 is 19.4 Å². The Morgan fingerprint density at radius 3 is 2.75 bits per heavy atom. The van der Waals surface area contributed by atoms with Gasteiger partial charge in [0.05, 0.1) is 6.54 Å². The zero-order valence-electron chi connectivity index (χ0n) is 11.8. The highest BCUT2D eigenvalue weighted by Gasteiger charge is 2.30. The Bertz CT molecular complexity index is 503. The number of nitrogens with one attached hydrogen (secondary N) is 1. The third-order valence-corrected chi connectivity index (χ3v) is 4.15. The smallest absolute Gasteiger partial charge is 0.328 e. The van der Waals surface area contributed by atoms with E-state index in [0.29, 0.717) is 13.0 Å². The lowest BCUT2D eigenvalue weighted by molar-refractivity contribution is -0.142. The van der Waals surface area contributed by atoms with E-state index >= 15 is 0 Å². The molecule has 0 saturated carbocycles. The summed E-state index contributed by atoms with van der Waals surface area (Å²) in [5.41, 5.74) is -0.816. The quantitative estimate of drug-likeness (QED) is 0.757. The van der Waals surface area contributed by atoms with Crippen LogP contribution in [0.3, 0.4) is 0 Å². The molecule has 2 N–H and O–H groups in total. The Morgan fingerprint density at radius 1 is 1.50 bits per heavy atom. The second-order valence-electron chi connectivity index (χ2n) is 4.45.